The van der Waals surface area contributed by atoms with Gasteiger partial charge in [0.05, 0.1) is 12.6 Å². The van der Waals surface area contributed by atoms with Crippen molar-refractivity contribution in [1.82, 2.24) is 10.3 Å². The number of hydrazine groups is 1. The lowest BCUT2D eigenvalue weighted by molar-refractivity contribution is 0.0329. The highest BCUT2D eigenvalue weighted by atomic mass is 16.5. The van der Waals surface area contributed by atoms with E-state index in [4.69, 9.17) is 10.6 Å². The van der Waals surface area contributed by atoms with Crippen LogP contribution in [0.3, 0.4) is 0 Å². The van der Waals surface area contributed by atoms with Gasteiger partial charge in [0, 0.05) is 12.1 Å². The van der Waals surface area contributed by atoms with Crippen LogP contribution in [0.15, 0.2) is 0 Å². The molecule has 0 saturated heterocycles. The average Bonchev–Trinajstić information content (AvgIpc) is 2.74. The zero-order valence-corrected chi connectivity index (χ0v) is 11.0. The molecule has 0 bridgehead atoms. The van der Waals surface area contributed by atoms with Crippen molar-refractivity contribution in [2.45, 2.75) is 50.6 Å². The number of nitrogens with two attached hydrogens (primary N) is 1. The number of ether oxygens (including phenoxy) is 1. The molecule has 0 aromatic carbocycles. The fraction of sp³-hybridized carbons (Fsp3) is 1.00. The highest BCUT2D eigenvalue weighted by Crippen LogP contribution is 2.36. The number of nitrogens with one attached hydrogen (secondary N) is 1. The molecule has 0 heterocycles. The van der Waals surface area contributed by atoms with Gasteiger partial charge in [-0.2, -0.15) is 0 Å². The zero-order chi connectivity index (χ0) is 12.0. The lowest BCUT2D eigenvalue weighted by atomic mass is 9.87. The van der Waals surface area contributed by atoms with Crippen LogP contribution in [0.25, 0.3) is 0 Å². The van der Waals surface area contributed by atoms with Crippen LogP contribution in [0.4, 0.5) is 0 Å². The van der Waals surface area contributed by atoms with Crippen LogP contribution in [-0.4, -0.2) is 43.8 Å². The van der Waals surface area contributed by atoms with Gasteiger partial charge in [-0.3, -0.25) is 11.3 Å². The molecule has 96 valence electrons. The van der Waals surface area contributed by atoms with Gasteiger partial charge in [0.15, 0.2) is 0 Å². The molecule has 1 saturated carbocycles. The first-order valence-corrected chi connectivity index (χ1v) is 6.38. The van der Waals surface area contributed by atoms with Crippen molar-refractivity contribution in [1.29, 1.82) is 0 Å². The molecule has 1 aliphatic rings. The average molecular weight is 229 g/mol. The van der Waals surface area contributed by atoms with Gasteiger partial charge in [-0.05, 0) is 33.4 Å². The fourth-order valence-electron chi connectivity index (χ4n) is 2.80. The molecule has 0 radical (unpaired) electrons. The van der Waals surface area contributed by atoms with Crippen LogP contribution in [0, 0.1) is 0 Å². The van der Waals surface area contributed by atoms with E-state index in [0.717, 1.165) is 13.0 Å². The minimum absolute atomic E-state index is 0.183. The van der Waals surface area contributed by atoms with Gasteiger partial charge >= 0.3 is 0 Å². The standard InChI is InChI=1S/C12H27N3O/c1-4-9-16-10-11(14-13)12(15(2)3)7-5-6-8-12/h11,14H,4-10,13H2,1-3H3. The molecule has 4 nitrogen and oxygen atoms in total. The van der Waals surface area contributed by atoms with Gasteiger partial charge in [-0.15, -0.1) is 0 Å². The summed E-state index contributed by atoms with van der Waals surface area (Å²) in [5.41, 5.74) is 3.14. The Bertz CT molecular complexity index is 191. The quantitative estimate of drug-likeness (QED) is 0.390. The maximum Gasteiger partial charge on any atom is 0.0651 e. The Morgan fingerprint density at radius 1 is 1.38 bits per heavy atom. The monoisotopic (exact) mass is 229 g/mol. The maximum atomic E-state index is 5.70. The molecule has 3 N–H and O–H groups in total. The molecule has 0 aromatic heterocycles. The summed E-state index contributed by atoms with van der Waals surface area (Å²) in [6.45, 7) is 3.66. The summed E-state index contributed by atoms with van der Waals surface area (Å²) in [5, 5.41) is 0. The molecule has 1 rings (SSSR count). The van der Waals surface area contributed by atoms with E-state index in [-0.39, 0.29) is 11.6 Å². The molecule has 0 amide bonds. The summed E-state index contributed by atoms with van der Waals surface area (Å²) in [7, 11) is 4.30. The van der Waals surface area contributed by atoms with Gasteiger partial charge in [0.2, 0.25) is 0 Å². The molecule has 4 heteroatoms. The summed E-state index contributed by atoms with van der Waals surface area (Å²) >= 11 is 0. The van der Waals surface area contributed by atoms with E-state index in [1.165, 1.54) is 25.7 Å². The Balaban J connectivity index is 2.59. The summed E-state index contributed by atoms with van der Waals surface area (Å²) in [6.07, 6.45) is 6.08. The Morgan fingerprint density at radius 2 is 2.00 bits per heavy atom. The first-order valence-electron chi connectivity index (χ1n) is 6.38. The topological polar surface area (TPSA) is 50.5 Å². The summed E-state index contributed by atoms with van der Waals surface area (Å²) in [5.74, 6) is 5.70. The smallest absolute Gasteiger partial charge is 0.0651 e. The first kappa shape index (κ1) is 13.9. The summed E-state index contributed by atoms with van der Waals surface area (Å²) in [6, 6.07) is 0.233. The van der Waals surface area contributed by atoms with Crippen LogP contribution in [0.2, 0.25) is 0 Å². The van der Waals surface area contributed by atoms with Gasteiger partial charge in [-0.1, -0.05) is 19.8 Å². The van der Waals surface area contributed by atoms with Crippen molar-refractivity contribution in [3.8, 4) is 0 Å². The molecular weight excluding hydrogens is 202 g/mol. The summed E-state index contributed by atoms with van der Waals surface area (Å²) < 4.78 is 5.65. The zero-order valence-electron chi connectivity index (χ0n) is 11.0. The second-order valence-corrected chi connectivity index (χ2v) is 5.00. The SMILES string of the molecule is CCCOCC(NN)C1(N(C)C)CCCC1. The van der Waals surface area contributed by atoms with E-state index < -0.39 is 0 Å². The normalized spacial score (nSPS) is 21.6. The van der Waals surface area contributed by atoms with Crippen molar-refractivity contribution >= 4 is 0 Å². The van der Waals surface area contributed by atoms with Crippen molar-refractivity contribution < 1.29 is 4.74 Å². The molecule has 0 aliphatic heterocycles. The van der Waals surface area contributed by atoms with E-state index in [0.29, 0.717) is 6.61 Å². The van der Waals surface area contributed by atoms with Crippen LogP contribution in [0.1, 0.15) is 39.0 Å². The predicted molar refractivity (Wildman–Crippen MR) is 67.1 cm³/mol. The Kier molecular flexibility index (Phi) is 5.69. The highest BCUT2D eigenvalue weighted by Gasteiger charge is 2.42. The lowest BCUT2D eigenvalue weighted by Gasteiger charge is -2.42. The second-order valence-electron chi connectivity index (χ2n) is 5.00. The molecular formula is C12H27N3O. The van der Waals surface area contributed by atoms with Gasteiger partial charge in [0.25, 0.3) is 0 Å². The minimum Gasteiger partial charge on any atom is -0.380 e. The van der Waals surface area contributed by atoms with Crippen molar-refractivity contribution in [2.75, 3.05) is 27.3 Å². The maximum absolute atomic E-state index is 5.70. The predicted octanol–water partition coefficient (Wildman–Crippen LogP) is 1.12. The third-order valence-corrected chi connectivity index (χ3v) is 3.84. The van der Waals surface area contributed by atoms with Gasteiger partial charge < -0.3 is 9.64 Å². The number of rotatable bonds is 7. The fourth-order valence-corrected chi connectivity index (χ4v) is 2.80. The molecule has 1 fully saturated rings. The van der Waals surface area contributed by atoms with Gasteiger partial charge in [-0.25, -0.2) is 0 Å². The molecule has 0 spiro atoms. The molecule has 0 aromatic rings. The number of nitrogens with zero attached hydrogens (tertiary/aromatic N) is 1. The molecule has 1 unspecified atom stereocenters. The number of hydrogen-bond acceptors (Lipinski definition) is 4. The second kappa shape index (κ2) is 6.55. The van der Waals surface area contributed by atoms with Crippen LogP contribution < -0.4 is 11.3 Å². The Hall–Kier alpha value is -0.160. The largest absolute Gasteiger partial charge is 0.380 e. The third kappa shape index (κ3) is 2.94. The van der Waals surface area contributed by atoms with E-state index in [9.17, 15) is 0 Å². The summed E-state index contributed by atoms with van der Waals surface area (Å²) in [4.78, 5) is 2.32. The number of hydrogen-bond donors (Lipinski definition) is 2. The molecule has 1 atom stereocenters. The number of likely N-dealkylation sites (N-methyl/N-ethyl adjacent to an activating group) is 1. The van der Waals surface area contributed by atoms with Crippen molar-refractivity contribution in [3.05, 3.63) is 0 Å². The third-order valence-electron chi connectivity index (χ3n) is 3.84. The minimum atomic E-state index is 0.183. The molecule has 1 aliphatic carbocycles. The molecule has 16 heavy (non-hydrogen) atoms. The van der Waals surface area contributed by atoms with Crippen molar-refractivity contribution in [3.63, 3.8) is 0 Å². The van der Waals surface area contributed by atoms with Crippen LogP contribution >= 0.6 is 0 Å². The van der Waals surface area contributed by atoms with Gasteiger partial charge in [0.1, 0.15) is 0 Å². The van der Waals surface area contributed by atoms with Crippen LogP contribution in [-0.2, 0) is 4.74 Å². The van der Waals surface area contributed by atoms with E-state index >= 15 is 0 Å². The highest BCUT2D eigenvalue weighted by molar-refractivity contribution is 5.01. The van der Waals surface area contributed by atoms with Crippen LogP contribution in [0.5, 0.6) is 0 Å². The van der Waals surface area contributed by atoms with Crippen molar-refractivity contribution in [2.24, 2.45) is 5.84 Å². The van der Waals surface area contributed by atoms with E-state index in [1.54, 1.807) is 0 Å². The Labute approximate surface area is 99.5 Å². The van der Waals surface area contributed by atoms with E-state index in [2.05, 4.69) is 31.3 Å². The lowest BCUT2D eigenvalue weighted by Crippen LogP contribution is -2.61. The first-order chi connectivity index (χ1) is 7.67. The van der Waals surface area contributed by atoms with E-state index in [1.807, 2.05) is 0 Å². The Morgan fingerprint density at radius 3 is 2.44 bits per heavy atom.